The summed E-state index contributed by atoms with van der Waals surface area (Å²) < 4.78 is 0. The number of ketones is 1. The van der Waals surface area contributed by atoms with Gasteiger partial charge in [-0.3, -0.25) is 4.79 Å². The van der Waals surface area contributed by atoms with Crippen molar-refractivity contribution in [3.8, 4) is 0 Å². The molecule has 0 aromatic rings. The molecule has 6 heteroatoms. The summed E-state index contributed by atoms with van der Waals surface area (Å²) in [7, 11) is 0. The highest BCUT2D eigenvalue weighted by molar-refractivity contribution is 5.78. The molecule has 1 saturated carbocycles. The minimum Gasteiger partial charge on any atom is -0.336 e. The molecule has 0 aromatic heterocycles. The molecule has 6 nitrogen and oxygen atoms in total. The molecule has 114 valence electrons. The minimum atomic E-state index is -0.307. The Morgan fingerprint density at radius 3 is 2.55 bits per heavy atom. The first kappa shape index (κ1) is 16.6. The molecular weight excluding hydrogens is 256 g/mol. The summed E-state index contributed by atoms with van der Waals surface area (Å²) in [5.74, 6) is 0.967. The van der Waals surface area contributed by atoms with Gasteiger partial charge >= 0.3 is 6.03 Å². The second kappa shape index (κ2) is 8.68. The molecule has 1 rings (SSSR count). The van der Waals surface area contributed by atoms with Gasteiger partial charge in [-0.25, -0.2) is 10.2 Å². The molecule has 0 aliphatic heterocycles. The Morgan fingerprint density at radius 2 is 2.00 bits per heavy atom. The lowest BCUT2D eigenvalue weighted by atomic mass is 9.80. The number of urea groups is 1. The molecule has 4 N–H and O–H groups in total. The van der Waals surface area contributed by atoms with Crippen molar-refractivity contribution in [3.63, 3.8) is 0 Å². The third kappa shape index (κ3) is 6.14. The van der Waals surface area contributed by atoms with E-state index in [1.807, 2.05) is 6.92 Å². The van der Waals surface area contributed by atoms with Crippen LogP contribution >= 0.6 is 0 Å². The maximum absolute atomic E-state index is 11.5. The zero-order chi connectivity index (χ0) is 15.0. The topological polar surface area (TPSA) is 96.6 Å². The molecule has 1 aliphatic carbocycles. The van der Waals surface area contributed by atoms with Crippen molar-refractivity contribution in [2.45, 2.75) is 52.0 Å². The molecule has 0 aromatic carbocycles. The zero-order valence-corrected chi connectivity index (χ0v) is 12.4. The van der Waals surface area contributed by atoms with Crippen LogP contribution in [-0.2, 0) is 4.79 Å². The van der Waals surface area contributed by atoms with Crippen LogP contribution in [0.4, 0.5) is 4.79 Å². The number of nitrogens with two attached hydrogens (primary N) is 1. The van der Waals surface area contributed by atoms with Crippen molar-refractivity contribution in [1.29, 1.82) is 0 Å². The largest absolute Gasteiger partial charge is 0.336 e. The Balaban J connectivity index is 2.16. The van der Waals surface area contributed by atoms with Crippen LogP contribution in [0.5, 0.6) is 0 Å². The summed E-state index contributed by atoms with van der Waals surface area (Å²) in [6.45, 7) is 4.25. The van der Waals surface area contributed by atoms with E-state index in [-0.39, 0.29) is 23.8 Å². The number of amides is 2. The van der Waals surface area contributed by atoms with Crippen molar-refractivity contribution in [2.75, 3.05) is 6.54 Å². The number of nitrogens with one attached hydrogen (secondary N) is 2. The molecule has 0 radical (unpaired) electrons. The van der Waals surface area contributed by atoms with Crippen molar-refractivity contribution in [1.82, 2.24) is 10.7 Å². The van der Waals surface area contributed by atoms with Crippen LogP contribution < -0.4 is 16.5 Å². The second-order valence-corrected chi connectivity index (χ2v) is 5.50. The van der Waals surface area contributed by atoms with Crippen LogP contribution in [0.2, 0.25) is 0 Å². The van der Waals surface area contributed by atoms with E-state index in [9.17, 15) is 9.59 Å². The van der Waals surface area contributed by atoms with Crippen LogP contribution in [0.3, 0.4) is 0 Å². The third-order valence-electron chi connectivity index (χ3n) is 3.88. The second-order valence-electron chi connectivity index (χ2n) is 5.50. The van der Waals surface area contributed by atoms with Gasteiger partial charge in [0.05, 0.1) is 0 Å². The Morgan fingerprint density at radius 1 is 1.35 bits per heavy atom. The average molecular weight is 282 g/mol. The number of hydrogen-bond donors (Lipinski definition) is 3. The quantitative estimate of drug-likeness (QED) is 0.507. The zero-order valence-electron chi connectivity index (χ0n) is 12.4. The molecule has 20 heavy (non-hydrogen) atoms. The summed E-state index contributed by atoms with van der Waals surface area (Å²) in [6, 6.07) is -0.435. The van der Waals surface area contributed by atoms with Crippen molar-refractivity contribution >= 4 is 18.0 Å². The molecule has 1 fully saturated rings. The van der Waals surface area contributed by atoms with Crippen LogP contribution in [-0.4, -0.2) is 30.6 Å². The highest BCUT2D eigenvalue weighted by atomic mass is 16.2. The fourth-order valence-electron chi connectivity index (χ4n) is 2.35. The predicted octanol–water partition coefficient (Wildman–Crippen LogP) is 1.40. The van der Waals surface area contributed by atoms with Gasteiger partial charge in [0, 0.05) is 24.7 Å². The number of hydrogen-bond acceptors (Lipinski definition) is 4. The third-order valence-corrected chi connectivity index (χ3v) is 3.88. The summed E-state index contributed by atoms with van der Waals surface area (Å²) in [5.41, 5.74) is 8.04. The maximum Gasteiger partial charge on any atom is 0.335 e. The number of carbonyl (C=O) groups excluding carboxylic acids is 2. The number of nitrogens with zero attached hydrogens (tertiary/aromatic N) is 1. The monoisotopic (exact) mass is 282 g/mol. The first-order chi connectivity index (χ1) is 9.52. The number of hydrazone groups is 1. The predicted molar refractivity (Wildman–Crippen MR) is 79.4 cm³/mol. The molecule has 1 aliphatic rings. The van der Waals surface area contributed by atoms with E-state index in [0.29, 0.717) is 12.5 Å². The number of carbonyl (C=O) groups is 2. The van der Waals surface area contributed by atoms with E-state index in [1.54, 1.807) is 6.92 Å². The summed E-state index contributed by atoms with van der Waals surface area (Å²) in [5, 5.41) is 6.58. The fourth-order valence-corrected chi connectivity index (χ4v) is 2.35. The normalized spacial score (nSPS) is 24.4. The number of Topliss-reactive ketones (excluding diaryl/α,β-unsaturated/α-hetero) is 1. The summed E-state index contributed by atoms with van der Waals surface area (Å²) in [6.07, 6.45) is 6.17. The van der Waals surface area contributed by atoms with Gasteiger partial charge in [-0.1, -0.05) is 6.92 Å². The summed E-state index contributed by atoms with van der Waals surface area (Å²) >= 11 is 0. The lowest BCUT2D eigenvalue weighted by molar-refractivity contribution is -0.121. The maximum atomic E-state index is 11.5. The Kier molecular flexibility index (Phi) is 7.22. The van der Waals surface area contributed by atoms with Crippen LogP contribution in [0, 0.1) is 11.8 Å². The van der Waals surface area contributed by atoms with Gasteiger partial charge in [-0.05, 0) is 44.9 Å². The van der Waals surface area contributed by atoms with Crippen LogP contribution in [0.1, 0.15) is 46.0 Å². The highest BCUT2D eigenvalue weighted by Crippen LogP contribution is 2.28. The highest BCUT2D eigenvalue weighted by Gasteiger charge is 2.23. The summed E-state index contributed by atoms with van der Waals surface area (Å²) in [4.78, 5) is 22.8. The number of rotatable bonds is 6. The van der Waals surface area contributed by atoms with Gasteiger partial charge in [-0.2, -0.15) is 5.10 Å². The molecule has 0 saturated heterocycles. The standard InChI is InChI=1S/C14H26N4O2/c1-3-13(15)9-17-18-14(20)16-8-11-4-6-12(7-5-11)10(2)19/h9,11-13H,3-8,15H2,1-2H3,(H2,16,18,20)/b17-9+. The first-order valence-electron chi connectivity index (χ1n) is 7.36. The molecule has 2 amide bonds. The molecule has 0 bridgehead atoms. The fraction of sp³-hybridized carbons (Fsp3) is 0.786. The van der Waals surface area contributed by atoms with E-state index < -0.39 is 0 Å². The van der Waals surface area contributed by atoms with E-state index in [0.717, 1.165) is 32.1 Å². The average Bonchev–Trinajstić information content (AvgIpc) is 2.45. The molecule has 0 spiro atoms. The van der Waals surface area contributed by atoms with Crippen LogP contribution in [0.15, 0.2) is 5.10 Å². The lowest BCUT2D eigenvalue weighted by Gasteiger charge is -2.26. The Bertz CT molecular complexity index is 349. The Hall–Kier alpha value is -1.43. The van der Waals surface area contributed by atoms with Gasteiger partial charge in [-0.15, -0.1) is 0 Å². The van der Waals surface area contributed by atoms with Gasteiger partial charge in [0.25, 0.3) is 0 Å². The minimum absolute atomic E-state index is 0.128. The molecular formula is C14H26N4O2. The molecule has 1 atom stereocenters. The Labute approximate surface area is 120 Å². The van der Waals surface area contributed by atoms with Crippen molar-refractivity contribution < 1.29 is 9.59 Å². The van der Waals surface area contributed by atoms with E-state index >= 15 is 0 Å². The van der Waals surface area contributed by atoms with E-state index in [1.165, 1.54) is 6.21 Å². The lowest BCUT2D eigenvalue weighted by Crippen LogP contribution is -2.37. The molecule has 1 unspecified atom stereocenters. The van der Waals surface area contributed by atoms with Crippen molar-refractivity contribution in [3.05, 3.63) is 0 Å². The van der Waals surface area contributed by atoms with E-state index in [2.05, 4.69) is 15.8 Å². The SMILES string of the molecule is CCC(N)/C=N/NC(=O)NCC1CCC(C(C)=O)CC1. The van der Waals surface area contributed by atoms with Gasteiger partial charge in [0.1, 0.15) is 5.78 Å². The first-order valence-corrected chi connectivity index (χ1v) is 7.36. The van der Waals surface area contributed by atoms with Gasteiger partial charge in [0.15, 0.2) is 0 Å². The molecule has 0 heterocycles. The van der Waals surface area contributed by atoms with Crippen LogP contribution in [0.25, 0.3) is 0 Å². The van der Waals surface area contributed by atoms with Gasteiger partial charge in [0.2, 0.25) is 0 Å². The van der Waals surface area contributed by atoms with Gasteiger partial charge < -0.3 is 11.1 Å². The van der Waals surface area contributed by atoms with E-state index in [4.69, 9.17) is 5.73 Å². The van der Waals surface area contributed by atoms with Crippen molar-refractivity contribution in [2.24, 2.45) is 22.7 Å². The smallest absolute Gasteiger partial charge is 0.335 e.